The van der Waals surface area contributed by atoms with E-state index in [0.717, 1.165) is 44.0 Å². The highest BCUT2D eigenvalue weighted by molar-refractivity contribution is 5.87. The van der Waals surface area contributed by atoms with Crippen molar-refractivity contribution in [3.05, 3.63) is 6.20 Å². The van der Waals surface area contributed by atoms with Crippen molar-refractivity contribution in [3.8, 4) is 0 Å². The lowest BCUT2D eigenvalue weighted by Crippen LogP contribution is -2.39. The Morgan fingerprint density at radius 2 is 2.17 bits per heavy atom. The van der Waals surface area contributed by atoms with Crippen LogP contribution in [-0.2, 0) is 4.74 Å². The lowest BCUT2D eigenvalue weighted by Gasteiger charge is -2.34. The fraction of sp³-hybridized carbons (Fsp3) is 0.667. The number of anilines is 2. The molecule has 1 fully saturated rings. The standard InChI is InChI=1S/C15H25N7O/c1-21(10-11-3-5-22(6-4-11)7-8-23-2)14-12-9-17-20-13(12)18-15(16)19-14/h9,11H,3-8,10H2,1-2H3,(H3,16,17,18,19,20). The lowest BCUT2D eigenvalue weighted by molar-refractivity contribution is 0.121. The van der Waals surface area contributed by atoms with Gasteiger partial charge in [0, 0.05) is 27.2 Å². The summed E-state index contributed by atoms with van der Waals surface area (Å²) in [6.07, 6.45) is 4.15. The molecule has 0 saturated carbocycles. The van der Waals surface area contributed by atoms with Crippen LogP contribution in [-0.4, -0.2) is 72.0 Å². The number of nitrogens with two attached hydrogens (primary N) is 1. The molecule has 0 spiro atoms. The van der Waals surface area contributed by atoms with Gasteiger partial charge >= 0.3 is 0 Å². The molecule has 0 bridgehead atoms. The molecule has 8 heteroatoms. The molecule has 0 atom stereocenters. The van der Waals surface area contributed by atoms with Crippen molar-refractivity contribution in [1.82, 2.24) is 25.1 Å². The number of piperidine rings is 1. The van der Waals surface area contributed by atoms with Crippen LogP contribution < -0.4 is 10.6 Å². The zero-order valence-electron chi connectivity index (χ0n) is 13.8. The molecular weight excluding hydrogens is 294 g/mol. The molecule has 3 heterocycles. The Hall–Kier alpha value is -1.93. The minimum absolute atomic E-state index is 0.276. The van der Waals surface area contributed by atoms with Gasteiger partial charge in [-0.2, -0.15) is 15.1 Å². The Labute approximate surface area is 136 Å². The molecule has 3 N–H and O–H groups in total. The average Bonchev–Trinajstić information content (AvgIpc) is 3.01. The van der Waals surface area contributed by atoms with Gasteiger partial charge in [0.05, 0.1) is 18.2 Å². The van der Waals surface area contributed by atoms with Crippen molar-refractivity contribution in [3.63, 3.8) is 0 Å². The molecule has 0 unspecified atom stereocenters. The van der Waals surface area contributed by atoms with Gasteiger partial charge < -0.3 is 20.3 Å². The van der Waals surface area contributed by atoms with E-state index in [9.17, 15) is 0 Å². The first-order chi connectivity index (χ1) is 11.2. The number of hydrogen-bond acceptors (Lipinski definition) is 7. The first-order valence-electron chi connectivity index (χ1n) is 8.06. The van der Waals surface area contributed by atoms with Crippen LogP contribution in [0.2, 0.25) is 0 Å². The number of rotatable bonds is 6. The third kappa shape index (κ3) is 3.70. The Balaban J connectivity index is 1.61. The van der Waals surface area contributed by atoms with Gasteiger partial charge in [0.2, 0.25) is 5.95 Å². The number of likely N-dealkylation sites (tertiary alicyclic amines) is 1. The molecule has 1 aliphatic rings. The Morgan fingerprint density at radius 1 is 1.39 bits per heavy atom. The number of fused-ring (bicyclic) bond motifs is 1. The second-order valence-electron chi connectivity index (χ2n) is 6.20. The third-order valence-electron chi connectivity index (χ3n) is 4.52. The largest absolute Gasteiger partial charge is 0.383 e. The molecule has 1 saturated heterocycles. The van der Waals surface area contributed by atoms with E-state index in [1.54, 1.807) is 13.3 Å². The van der Waals surface area contributed by atoms with Gasteiger partial charge in [-0.15, -0.1) is 0 Å². The molecule has 126 valence electrons. The van der Waals surface area contributed by atoms with Crippen molar-refractivity contribution in [2.24, 2.45) is 5.92 Å². The second-order valence-corrected chi connectivity index (χ2v) is 6.20. The molecule has 2 aromatic heterocycles. The maximum absolute atomic E-state index is 5.80. The van der Waals surface area contributed by atoms with Gasteiger partial charge in [-0.05, 0) is 31.8 Å². The molecule has 0 aromatic carbocycles. The van der Waals surface area contributed by atoms with Crippen LogP contribution in [0.25, 0.3) is 11.0 Å². The number of hydrogen-bond donors (Lipinski definition) is 2. The summed E-state index contributed by atoms with van der Waals surface area (Å²) in [7, 11) is 3.82. The van der Waals surface area contributed by atoms with E-state index in [1.807, 2.05) is 0 Å². The van der Waals surface area contributed by atoms with Crippen molar-refractivity contribution < 1.29 is 4.74 Å². The van der Waals surface area contributed by atoms with Crippen LogP contribution in [0.3, 0.4) is 0 Å². The summed E-state index contributed by atoms with van der Waals surface area (Å²) >= 11 is 0. The molecule has 3 rings (SSSR count). The highest BCUT2D eigenvalue weighted by Crippen LogP contribution is 2.25. The van der Waals surface area contributed by atoms with Gasteiger partial charge in [-0.3, -0.25) is 5.10 Å². The molecule has 2 aromatic rings. The van der Waals surface area contributed by atoms with E-state index in [4.69, 9.17) is 10.5 Å². The van der Waals surface area contributed by atoms with Crippen molar-refractivity contribution in [2.45, 2.75) is 12.8 Å². The molecule has 0 aliphatic carbocycles. The first-order valence-corrected chi connectivity index (χ1v) is 8.06. The number of nitrogen functional groups attached to an aromatic ring is 1. The summed E-state index contributed by atoms with van der Waals surface area (Å²) in [4.78, 5) is 13.2. The highest BCUT2D eigenvalue weighted by atomic mass is 16.5. The summed E-state index contributed by atoms with van der Waals surface area (Å²) in [5.74, 6) is 1.79. The molecule has 0 radical (unpaired) electrons. The number of aromatic amines is 1. The summed E-state index contributed by atoms with van der Waals surface area (Å²) in [5.41, 5.74) is 6.49. The minimum Gasteiger partial charge on any atom is -0.383 e. The van der Waals surface area contributed by atoms with Crippen molar-refractivity contribution in [1.29, 1.82) is 0 Å². The van der Waals surface area contributed by atoms with Crippen molar-refractivity contribution >= 4 is 22.8 Å². The lowest BCUT2D eigenvalue weighted by atomic mass is 9.96. The van der Waals surface area contributed by atoms with E-state index in [0.29, 0.717) is 11.6 Å². The number of H-pyrrole nitrogens is 1. The maximum atomic E-state index is 5.80. The van der Waals surface area contributed by atoms with E-state index >= 15 is 0 Å². The molecule has 0 amide bonds. The van der Waals surface area contributed by atoms with Crippen LogP contribution in [0, 0.1) is 5.92 Å². The summed E-state index contributed by atoms with van der Waals surface area (Å²) in [6.45, 7) is 5.07. The minimum atomic E-state index is 0.276. The smallest absolute Gasteiger partial charge is 0.224 e. The molecule has 23 heavy (non-hydrogen) atoms. The van der Waals surface area contributed by atoms with E-state index in [2.05, 4.69) is 37.0 Å². The summed E-state index contributed by atoms with van der Waals surface area (Å²) < 4.78 is 5.15. The number of aromatic nitrogens is 4. The fourth-order valence-corrected chi connectivity index (χ4v) is 3.21. The van der Waals surface area contributed by atoms with Crippen LogP contribution in [0.1, 0.15) is 12.8 Å². The van der Waals surface area contributed by atoms with E-state index in [-0.39, 0.29) is 5.95 Å². The fourth-order valence-electron chi connectivity index (χ4n) is 3.21. The predicted molar refractivity (Wildman–Crippen MR) is 90.4 cm³/mol. The van der Waals surface area contributed by atoms with Gasteiger partial charge in [0.1, 0.15) is 5.82 Å². The Bertz CT molecular complexity index is 636. The van der Waals surface area contributed by atoms with Crippen LogP contribution >= 0.6 is 0 Å². The molecule has 1 aliphatic heterocycles. The SMILES string of the molecule is COCCN1CCC(CN(C)c2nc(N)nc3[nH]ncc23)CC1. The zero-order valence-corrected chi connectivity index (χ0v) is 13.8. The summed E-state index contributed by atoms with van der Waals surface area (Å²) in [5, 5.41) is 7.82. The quantitative estimate of drug-likeness (QED) is 0.810. The predicted octanol–water partition coefficient (Wildman–Crippen LogP) is 0.730. The number of ether oxygens (including phenoxy) is 1. The van der Waals surface area contributed by atoms with Gasteiger partial charge in [-0.1, -0.05) is 0 Å². The maximum Gasteiger partial charge on any atom is 0.224 e. The van der Waals surface area contributed by atoms with Gasteiger partial charge in [0.15, 0.2) is 5.65 Å². The third-order valence-corrected chi connectivity index (χ3v) is 4.52. The number of methoxy groups -OCH3 is 1. The Kier molecular flexibility index (Phi) is 4.92. The van der Waals surface area contributed by atoms with Gasteiger partial charge in [-0.25, -0.2) is 0 Å². The average molecular weight is 319 g/mol. The van der Waals surface area contributed by atoms with Crippen LogP contribution in [0.15, 0.2) is 6.20 Å². The zero-order chi connectivity index (χ0) is 16.2. The van der Waals surface area contributed by atoms with E-state index in [1.165, 1.54) is 12.8 Å². The molecular formula is C15H25N7O. The van der Waals surface area contributed by atoms with Crippen molar-refractivity contribution in [2.75, 3.05) is 57.6 Å². The highest BCUT2D eigenvalue weighted by Gasteiger charge is 2.22. The van der Waals surface area contributed by atoms with Gasteiger partial charge in [0.25, 0.3) is 0 Å². The summed E-state index contributed by atoms with van der Waals surface area (Å²) in [6, 6.07) is 0. The number of nitrogens with zero attached hydrogens (tertiary/aromatic N) is 5. The van der Waals surface area contributed by atoms with Crippen LogP contribution in [0.5, 0.6) is 0 Å². The second kappa shape index (κ2) is 7.10. The topological polar surface area (TPSA) is 96.2 Å². The first kappa shape index (κ1) is 15.9. The Morgan fingerprint density at radius 3 is 2.91 bits per heavy atom. The number of nitrogens with one attached hydrogen (secondary N) is 1. The molecule has 8 nitrogen and oxygen atoms in total. The monoisotopic (exact) mass is 319 g/mol. The normalized spacial score (nSPS) is 17.0. The van der Waals surface area contributed by atoms with Crippen LogP contribution in [0.4, 0.5) is 11.8 Å². The van der Waals surface area contributed by atoms with E-state index < -0.39 is 0 Å².